The average molecular weight is 316 g/mol. The number of ether oxygens (including phenoxy) is 4. The largest absolute Gasteiger partial charge is 0.468 e. The first-order valence-corrected chi connectivity index (χ1v) is 6.96. The predicted molar refractivity (Wildman–Crippen MR) is 84.1 cm³/mol. The minimum atomic E-state index is 0.0599. The molecule has 3 rings (SSSR count). The van der Waals surface area contributed by atoms with Crippen molar-refractivity contribution in [1.29, 1.82) is 0 Å². The summed E-state index contributed by atoms with van der Waals surface area (Å²) >= 11 is 0. The highest BCUT2D eigenvalue weighted by atomic mass is 16.7. The third-order valence-electron chi connectivity index (χ3n) is 3.40. The molecule has 120 valence electrons. The smallest absolute Gasteiger partial charge is 0.188 e. The monoisotopic (exact) mass is 316 g/mol. The van der Waals surface area contributed by atoms with Crippen LogP contribution < -0.4 is 9.47 Å². The van der Waals surface area contributed by atoms with Crippen LogP contribution in [0.5, 0.6) is 11.5 Å². The van der Waals surface area contributed by atoms with E-state index in [2.05, 4.69) is 0 Å². The number of fused-ring (bicyclic) bond motifs is 3. The maximum atomic E-state index is 11.6. The van der Waals surface area contributed by atoms with Crippen LogP contribution in [-0.4, -0.2) is 34.1 Å². The summed E-state index contributed by atoms with van der Waals surface area (Å²) in [6.07, 6.45) is 0.755. The van der Waals surface area contributed by atoms with Crippen molar-refractivity contribution in [2.24, 2.45) is 0 Å². The Morgan fingerprint density at radius 2 is 1.74 bits per heavy atom. The standard InChI is InChI=1S/C17H16O6/c1-19-9-21-11-3-4-15-12(7-11)17-13(8-18)14(22-10-20-2)5-6-16(17)23-15/h3-8H,9-10H2,1-2H3. The molecule has 3 aromatic rings. The van der Waals surface area contributed by atoms with Crippen molar-refractivity contribution in [1.82, 2.24) is 0 Å². The summed E-state index contributed by atoms with van der Waals surface area (Å²) < 4.78 is 26.5. The van der Waals surface area contributed by atoms with E-state index in [1.807, 2.05) is 6.07 Å². The Kier molecular flexibility index (Phi) is 4.45. The van der Waals surface area contributed by atoms with Gasteiger partial charge >= 0.3 is 0 Å². The number of hydrogen-bond donors (Lipinski definition) is 0. The molecule has 0 radical (unpaired) electrons. The fourth-order valence-electron chi connectivity index (χ4n) is 2.44. The molecule has 0 aliphatic carbocycles. The van der Waals surface area contributed by atoms with E-state index in [9.17, 15) is 4.79 Å². The number of carbonyl (C=O) groups excluding carboxylic acids is 1. The van der Waals surface area contributed by atoms with Gasteiger partial charge in [-0.15, -0.1) is 0 Å². The van der Waals surface area contributed by atoms with E-state index in [0.29, 0.717) is 33.6 Å². The molecule has 0 saturated carbocycles. The van der Waals surface area contributed by atoms with Gasteiger partial charge in [0.15, 0.2) is 19.9 Å². The minimum Gasteiger partial charge on any atom is -0.468 e. The lowest BCUT2D eigenvalue weighted by Gasteiger charge is -2.08. The van der Waals surface area contributed by atoms with E-state index in [0.717, 1.165) is 11.7 Å². The fourth-order valence-corrected chi connectivity index (χ4v) is 2.44. The van der Waals surface area contributed by atoms with Gasteiger partial charge in [0.2, 0.25) is 0 Å². The van der Waals surface area contributed by atoms with E-state index < -0.39 is 0 Å². The van der Waals surface area contributed by atoms with Crippen LogP contribution in [-0.2, 0) is 9.47 Å². The van der Waals surface area contributed by atoms with Crippen molar-refractivity contribution in [2.75, 3.05) is 27.8 Å². The summed E-state index contributed by atoms with van der Waals surface area (Å²) in [5.74, 6) is 1.07. The van der Waals surface area contributed by atoms with Gasteiger partial charge < -0.3 is 23.4 Å². The average Bonchev–Trinajstić information content (AvgIpc) is 2.95. The molecule has 1 aromatic heterocycles. The summed E-state index contributed by atoms with van der Waals surface area (Å²) in [7, 11) is 3.07. The summed E-state index contributed by atoms with van der Waals surface area (Å²) in [6, 6.07) is 8.85. The van der Waals surface area contributed by atoms with Crippen LogP contribution in [0.15, 0.2) is 34.7 Å². The molecule has 0 amide bonds. The number of methoxy groups -OCH3 is 2. The second-order valence-electron chi connectivity index (χ2n) is 4.83. The Balaban J connectivity index is 2.17. The highest BCUT2D eigenvalue weighted by Gasteiger charge is 2.16. The molecule has 0 fully saturated rings. The normalized spacial score (nSPS) is 11.0. The molecule has 0 spiro atoms. The predicted octanol–water partition coefficient (Wildman–Crippen LogP) is 3.36. The van der Waals surface area contributed by atoms with Crippen molar-refractivity contribution in [2.45, 2.75) is 0 Å². The van der Waals surface area contributed by atoms with E-state index in [1.54, 1.807) is 31.4 Å². The minimum absolute atomic E-state index is 0.0599. The summed E-state index contributed by atoms with van der Waals surface area (Å²) in [5, 5.41) is 1.46. The summed E-state index contributed by atoms with van der Waals surface area (Å²) in [4.78, 5) is 11.6. The Hall–Kier alpha value is -2.57. The maximum Gasteiger partial charge on any atom is 0.188 e. The van der Waals surface area contributed by atoms with Gasteiger partial charge in [0.25, 0.3) is 0 Å². The molecule has 0 saturated heterocycles. The SMILES string of the molecule is COCOc1ccc2oc3ccc(OCOC)c(C=O)c3c2c1. The van der Waals surface area contributed by atoms with Crippen molar-refractivity contribution >= 4 is 28.2 Å². The van der Waals surface area contributed by atoms with E-state index >= 15 is 0 Å². The number of furan rings is 1. The van der Waals surface area contributed by atoms with Crippen molar-refractivity contribution in [3.8, 4) is 11.5 Å². The zero-order chi connectivity index (χ0) is 16.2. The fraction of sp³-hybridized carbons (Fsp3) is 0.235. The number of benzene rings is 2. The molecule has 0 atom stereocenters. The van der Waals surface area contributed by atoms with Crippen LogP contribution >= 0.6 is 0 Å². The summed E-state index contributed by atoms with van der Waals surface area (Å²) in [6.45, 7) is 0.203. The second kappa shape index (κ2) is 6.68. The molecule has 0 aliphatic heterocycles. The number of hydrogen-bond acceptors (Lipinski definition) is 6. The van der Waals surface area contributed by atoms with Crippen molar-refractivity contribution < 1.29 is 28.2 Å². The van der Waals surface area contributed by atoms with Gasteiger partial charge in [-0.05, 0) is 30.3 Å². The van der Waals surface area contributed by atoms with E-state index in [4.69, 9.17) is 23.4 Å². The zero-order valence-corrected chi connectivity index (χ0v) is 12.8. The first kappa shape index (κ1) is 15.3. The third-order valence-corrected chi connectivity index (χ3v) is 3.40. The van der Waals surface area contributed by atoms with Gasteiger partial charge in [0.05, 0.1) is 5.56 Å². The molecule has 6 heteroatoms. The van der Waals surface area contributed by atoms with Gasteiger partial charge in [-0.1, -0.05) is 0 Å². The molecular formula is C17H16O6. The van der Waals surface area contributed by atoms with Gasteiger partial charge in [-0.25, -0.2) is 0 Å². The first-order chi connectivity index (χ1) is 11.3. The molecule has 0 N–H and O–H groups in total. The van der Waals surface area contributed by atoms with Crippen LogP contribution in [0.4, 0.5) is 0 Å². The second-order valence-corrected chi connectivity index (χ2v) is 4.83. The molecule has 6 nitrogen and oxygen atoms in total. The lowest BCUT2D eigenvalue weighted by molar-refractivity contribution is 0.0505. The molecule has 23 heavy (non-hydrogen) atoms. The third kappa shape index (κ3) is 2.86. The lowest BCUT2D eigenvalue weighted by atomic mass is 10.1. The van der Waals surface area contributed by atoms with Crippen LogP contribution in [0, 0.1) is 0 Å². The highest BCUT2D eigenvalue weighted by Crippen LogP contribution is 2.36. The van der Waals surface area contributed by atoms with E-state index in [-0.39, 0.29) is 13.6 Å². The van der Waals surface area contributed by atoms with Crippen LogP contribution in [0.2, 0.25) is 0 Å². The van der Waals surface area contributed by atoms with Gasteiger partial charge in [0.1, 0.15) is 22.7 Å². The molecule has 0 aliphatic rings. The Labute approximate surface area is 132 Å². The highest BCUT2D eigenvalue weighted by molar-refractivity contribution is 6.13. The van der Waals surface area contributed by atoms with Crippen molar-refractivity contribution in [3.63, 3.8) is 0 Å². The Bertz CT molecular complexity index is 836. The molecular weight excluding hydrogens is 300 g/mol. The van der Waals surface area contributed by atoms with Crippen LogP contribution in [0.3, 0.4) is 0 Å². The van der Waals surface area contributed by atoms with Gasteiger partial charge in [-0.2, -0.15) is 0 Å². The first-order valence-electron chi connectivity index (χ1n) is 6.96. The Morgan fingerprint density at radius 3 is 2.48 bits per heavy atom. The van der Waals surface area contributed by atoms with Gasteiger partial charge in [-0.3, -0.25) is 4.79 Å². The molecule has 1 heterocycles. The molecule has 0 bridgehead atoms. The quantitative estimate of drug-likeness (QED) is 0.492. The lowest BCUT2D eigenvalue weighted by Crippen LogP contribution is -2.01. The molecule has 2 aromatic carbocycles. The van der Waals surface area contributed by atoms with Crippen LogP contribution in [0.1, 0.15) is 10.4 Å². The zero-order valence-electron chi connectivity index (χ0n) is 12.8. The van der Waals surface area contributed by atoms with Crippen LogP contribution in [0.25, 0.3) is 21.9 Å². The number of aldehydes is 1. The summed E-state index contributed by atoms with van der Waals surface area (Å²) in [5.41, 5.74) is 1.69. The maximum absolute atomic E-state index is 11.6. The van der Waals surface area contributed by atoms with Gasteiger partial charge in [0, 0.05) is 25.0 Å². The van der Waals surface area contributed by atoms with E-state index in [1.165, 1.54) is 7.11 Å². The van der Waals surface area contributed by atoms with Crippen molar-refractivity contribution in [3.05, 3.63) is 35.9 Å². The topological polar surface area (TPSA) is 67.1 Å². The molecule has 0 unspecified atom stereocenters. The number of rotatable bonds is 7. The Morgan fingerprint density at radius 1 is 1.00 bits per heavy atom. The number of carbonyl (C=O) groups is 1.